The number of hydrogen-bond donors (Lipinski definition) is 0. The lowest BCUT2D eigenvalue weighted by atomic mass is 9.97. The molecule has 0 aliphatic heterocycles. The molecule has 0 amide bonds. The number of furan rings is 2. The zero-order valence-corrected chi connectivity index (χ0v) is 40.7. The van der Waals surface area contributed by atoms with Crippen molar-refractivity contribution in [2.75, 3.05) is 0 Å². The van der Waals surface area contributed by atoms with Crippen LogP contribution < -0.4 is 0 Å². The van der Waals surface area contributed by atoms with E-state index in [-0.39, 0.29) is 0 Å². The summed E-state index contributed by atoms with van der Waals surface area (Å²) in [4.78, 5) is 16.2. The second kappa shape index (κ2) is 16.6. The minimum Gasteiger partial charge on any atom is -0.456 e. The SMILES string of the molecule is c1ccc(-n2c3ccccc3c3c(-c4ccc5oc6cccc(-c7nc(-c8cccc(-c9ccc%10c(c9)oc9ccccc9%10)c8)nc(-c8cccc(-n9c%10ccccc%10c%10ccccc%109)c8)n7)c6c5c4)cccc32)cc1. The largest absolute Gasteiger partial charge is 0.456 e. The Kier molecular flexibility index (Phi) is 9.20. The van der Waals surface area contributed by atoms with Gasteiger partial charge in [-0.2, -0.15) is 0 Å². The van der Waals surface area contributed by atoms with Gasteiger partial charge in [-0.1, -0.05) is 158 Å². The maximum atomic E-state index is 6.71. The Morgan fingerprint density at radius 3 is 1.57 bits per heavy atom. The topological polar surface area (TPSA) is 74.8 Å². The van der Waals surface area contributed by atoms with E-state index in [0.29, 0.717) is 17.5 Å². The summed E-state index contributed by atoms with van der Waals surface area (Å²) < 4.78 is 17.7. The van der Waals surface area contributed by atoms with E-state index in [1.54, 1.807) is 0 Å². The molecule has 0 spiro atoms. The Hall–Kier alpha value is -10.4. The van der Waals surface area contributed by atoms with E-state index in [1.165, 1.54) is 21.5 Å². The van der Waals surface area contributed by atoms with Crippen LogP contribution in [0.25, 0.3) is 155 Å². The van der Waals surface area contributed by atoms with Crippen LogP contribution in [0, 0.1) is 0 Å². The molecule has 0 aliphatic rings. The van der Waals surface area contributed by atoms with E-state index in [4.69, 9.17) is 23.8 Å². The van der Waals surface area contributed by atoms with Crippen LogP contribution in [0.1, 0.15) is 0 Å². The summed E-state index contributed by atoms with van der Waals surface area (Å²) in [5, 5.41) is 8.90. The molecule has 0 aliphatic carbocycles. The third-order valence-electron chi connectivity index (χ3n) is 15.2. The molecule has 11 aromatic carbocycles. The van der Waals surface area contributed by atoms with Crippen LogP contribution in [0.4, 0.5) is 0 Å². The zero-order chi connectivity index (χ0) is 49.8. The van der Waals surface area contributed by atoms with E-state index in [9.17, 15) is 0 Å². The standard InChI is InChI=1S/C69H41N5O2/c1-2-19-47(20-3-1)73-59-30-10-6-25-54(59)65-49(26-14-31-60(65)73)44-35-37-62-56(40-44)66-55(27-15-33-63(66)75-62)69-71-67(45-17-12-16-42(38-45)43-34-36-53-52-24-7-11-32-61(52)76-64(53)41-43)70-68(72-69)46-18-13-21-48(39-46)74-57-28-8-4-22-50(57)51-23-5-9-29-58(51)74/h1-41H. The molecule has 7 nitrogen and oxygen atoms in total. The van der Waals surface area contributed by atoms with Crippen molar-refractivity contribution in [2.45, 2.75) is 0 Å². The summed E-state index contributed by atoms with van der Waals surface area (Å²) in [6.07, 6.45) is 0. The van der Waals surface area contributed by atoms with Crippen molar-refractivity contribution in [3.05, 3.63) is 249 Å². The number of benzene rings is 11. The molecule has 354 valence electrons. The number of fused-ring (bicyclic) bond motifs is 12. The van der Waals surface area contributed by atoms with Gasteiger partial charge in [-0.3, -0.25) is 0 Å². The first-order chi connectivity index (χ1) is 37.7. The third-order valence-corrected chi connectivity index (χ3v) is 15.2. The van der Waals surface area contributed by atoms with E-state index < -0.39 is 0 Å². The number of nitrogens with zero attached hydrogens (tertiary/aromatic N) is 5. The van der Waals surface area contributed by atoms with Crippen molar-refractivity contribution >= 4 is 87.5 Å². The molecule has 5 heterocycles. The third kappa shape index (κ3) is 6.52. The first-order valence-corrected chi connectivity index (χ1v) is 25.6. The molecule has 7 heteroatoms. The van der Waals surface area contributed by atoms with Gasteiger partial charge in [0.2, 0.25) is 0 Å². The van der Waals surface area contributed by atoms with Gasteiger partial charge in [-0.05, 0) is 113 Å². The highest BCUT2D eigenvalue weighted by atomic mass is 16.3. The van der Waals surface area contributed by atoms with E-state index in [2.05, 4.69) is 228 Å². The Bertz CT molecular complexity index is 4970. The smallest absolute Gasteiger partial charge is 0.164 e. The van der Waals surface area contributed by atoms with Gasteiger partial charge in [-0.25, -0.2) is 15.0 Å². The highest BCUT2D eigenvalue weighted by molar-refractivity contribution is 6.18. The predicted molar refractivity (Wildman–Crippen MR) is 310 cm³/mol. The van der Waals surface area contributed by atoms with E-state index in [1.807, 2.05) is 30.3 Å². The van der Waals surface area contributed by atoms with Crippen LogP contribution in [0.2, 0.25) is 0 Å². The maximum Gasteiger partial charge on any atom is 0.164 e. The molecular formula is C69H41N5O2. The molecule has 5 aromatic heterocycles. The van der Waals surface area contributed by atoms with Gasteiger partial charge in [0.05, 0.1) is 22.1 Å². The van der Waals surface area contributed by atoms with E-state index in [0.717, 1.165) is 116 Å². The lowest BCUT2D eigenvalue weighted by Crippen LogP contribution is -2.01. The highest BCUT2D eigenvalue weighted by Gasteiger charge is 2.22. The molecule has 76 heavy (non-hydrogen) atoms. The van der Waals surface area contributed by atoms with Gasteiger partial charge in [0.15, 0.2) is 17.5 Å². The van der Waals surface area contributed by atoms with Gasteiger partial charge < -0.3 is 18.0 Å². The van der Waals surface area contributed by atoms with Crippen LogP contribution >= 0.6 is 0 Å². The van der Waals surface area contributed by atoms with Crippen LogP contribution in [0.15, 0.2) is 258 Å². The van der Waals surface area contributed by atoms with Crippen LogP contribution in [-0.2, 0) is 0 Å². The van der Waals surface area contributed by atoms with Crippen molar-refractivity contribution in [1.82, 2.24) is 24.1 Å². The molecule has 0 bridgehead atoms. The quantitative estimate of drug-likeness (QED) is 0.159. The van der Waals surface area contributed by atoms with Crippen molar-refractivity contribution in [1.29, 1.82) is 0 Å². The van der Waals surface area contributed by atoms with Crippen LogP contribution in [0.3, 0.4) is 0 Å². The summed E-state index contributed by atoms with van der Waals surface area (Å²) in [6.45, 7) is 0. The molecular weight excluding hydrogens is 931 g/mol. The second-order valence-corrected chi connectivity index (χ2v) is 19.5. The van der Waals surface area contributed by atoms with Crippen LogP contribution in [0.5, 0.6) is 0 Å². The molecule has 16 rings (SSSR count). The zero-order valence-electron chi connectivity index (χ0n) is 40.7. The van der Waals surface area contributed by atoms with Gasteiger partial charge >= 0.3 is 0 Å². The normalized spacial score (nSPS) is 11.9. The van der Waals surface area contributed by atoms with Gasteiger partial charge in [0.25, 0.3) is 0 Å². The number of para-hydroxylation sites is 5. The average molecular weight is 972 g/mol. The minimum atomic E-state index is 0.545. The Balaban J connectivity index is 0.890. The maximum absolute atomic E-state index is 6.71. The first-order valence-electron chi connectivity index (χ1n) is 25.6. The molecule has 0 fully saturated rings. The highest BCUT2D eigenvalue weighted by Crippen LogP contribution is 2.43. The summed E-state index contributed by atoms with van der Waals surface area (Å²) >= 11 is 0. The molecule has 16 aromatic rings. The van der Waals surface area contributed by atoms with Crippen molar-refractivity contribution in [2.24, 2.45) is 0 Å². The fourth-order valence-electron chi connectivity index (χ4n) is 11.8. The lowest BCUT2D eigenvalue weighted by molar-refractivity contribution is 0.668. The Labute approximate surface area is 434 Å². The first kappa shape index (κ1) is 42.2. The summed E-state index contributed by atoms with van der Waals surface area (Å²) in [5.41, 5.74) is 16.8. The molecule has 0 unspecified atom stereocenters. The Morgan fingerprint density at radius 1 is 0.250 bits per heavy atom. The Morgan fingerprint density at radius 2 is 0.763 bits per heavy atom. The monoisotopic (exact) mass is 971 g/mol. The van der Waals surface area contributed by atoms with Gasteiger partial charge in [-0.15, -0.1) is 0 Å². The number of aromatic nitrogens is 5. The fraction of sp³-hybridized carbons (Fsp3) is 0. The summed E-state index contributed by atoms with van der Waals surface area (Å²) in [5.74, 6) is 1.66. The van der Waals surface area contributed by atoms with Gasteiger partial charge in [0.1, 0.15) is 22.3 Å². The molecule has 0 saturated heterocycles. The molecule has 0 saturated carbocycles. The molecule has 0 atom stereocenters. The second-order valence-electron chi connectivity index (χ2n) is 19.5. The van der Waals surface area contributed by atoms with E-state index >= 15 is 0 Å². The van der Waals surface area contributed by atoms with Crippen LogP contribution in [-0.4, -0.2) is 24.1 Å². The fourth-order valence-corrected chi connectivity index (χ4v) is 11.8. The molecule has 0 N–H and O–H groups in total. The molecule has 0 radical (unpaired) electrons. The number of rotatable bonds is 7. The predicted octanol–water partition coefficient (Wildman–Crippen LogP) is 18.2. The van der Waals surface area contributed by atoms with Crippen molar-refractivity contribution in [3.8, 4) is 67.8 Å². The average Bonchev–Trinajstić information content (AvgIpc) is 4.32. The minimum absolute atomic E-state index is 0.545. The summed E-state index contributed by atoms with van der Waals surface area (Å²) in [7, 11) is 0. The number of hydrogen-bond acceptors (Lipinski definition) is 5. The van der Waals surface area contributed by atoms with Gasteiger partial charge in [0, 0.05) is 71.2 Å². The van der Waals surface area contributed by atoms with Crippen molar-refractivity contribution < 1.29 is 8.83 Å². The summed E-state index contributed by atoms with van der Waals surface area (Å²) in [6, 6.07) is 87.4. The van der Waals surface area contributed by atoms with Crippen molar-refractivity contribution in [3.63, 3.8) is 0 Å². The lowest BCUT2D eigenvalue weighted by Gasteiger charge is -2.12.